The minimum atomic E-state index is 0.490. The summed E-state index contributed by atoms with van der Waals surface area (Å²) in [7, 11) is 1.50. The van der Waals surface area contributed by atoms with Crippen LogP contribution in [0.3, 0.4) is 0 Å². The molecule has 2 nitrogen and oxygen atoms in total. The molecule has 0 unspecified atom stereocenters. The molecule has 0 amide bonds. The highest BCUT2D eigenvalue weighted by molar-refractivity contribution is 9.10. The minimum Gasteiger partial charge on any atom is -0.240 e. The third-order valence-electron chi connectivity index (χ3n) is 1.26. The predicted molar refractivity (Wildman–Crippen MR) is 45.9 cm³/mol. The van der Waals surface area contributed by atoms with E-state index in [0.717, 1.165) is 10.0 Å². The van der Waals surface area contributed by atoms with Gasteiger partial charge in [0.2, 0.25) is 0 Å². The van der Waals surface area contributed by atoms with Crippen molar-refractivity contribution >= 4 is 15.9 Å². The molecule has 0 N–H and O–H groups in total. The van der Waals surface area contributed by atoms with E-state index >= 15 is 0 Å². The molecule has 1 aromatic carbocycles. The summed E-state index contributed by atoms with van der Waals surface area (Å²) in [5.74, 6) is 0. The SMILES string of the molecule is COOCc1ccc(Br)cc1. The van der Waals surface area contributed by atoms with Crippen LogP contribution in [0.2, 0.25) is 0 Å². The Hall–Kier alpha value is -0.380. The van der Waals surface area contributed by atoms with Crippen LogP contribution in [0.5, 0.6) is 0 Å². The van der Waals surface area contributed by atoms with E-state index in [4.69, 9.17) is 4.89 Å². The lowest BCUT2D eigenvalue weighted by atomic mass is 10.2. The summed E-state index contributed by atoms with van der Waals surface area (Å²) < 4.78 is 1.07. The number of rotatable bonds is 3. The third-order valence-corrected chi connectivity index (χ3v) is 1.79. The quantitative estimate of drug-likeness (QED) is 0.572. The van der Waals surface area contributed by atoms with Gasteiger partial charge in [-0.1, -0.05) is 28.1 Å². The zero-order chi connectivity index (χ0) is 8.10. The summed E-state index contributed by atoms with van der Waals surface area (Å²) in [6, 6.07) is 7.88. The maximum atomic E-state index is 4.74. The Kier molecular flexibility index (Phi) is 3.56. The largest absolute Gasteiger partial charge is 0.240 e. The molecular formula is C8H9BrO2. The zero-order valence-corrected chi connectivity index (χ0v) is 7.80. The monoisotopic (exact) mass is 216 g/mol. The van der Waals surface area contributed by atoms with Gasteiger partial charge < -0.3 is 0 Å². The van der Waals surface area contributed by atoms with E-state index < -0.39 is 0 Å². The van der Waals surface area contributed by atoms with E-state index in [0.29, 0.717) is 6.61 Å². The molecule has 0 aromatic heterocycles. The highest BCUT2D eigenvalue weighted by atomic mass is 79.9. The van der Waals surface area contributed by atoms with Crippen molar-refractivity contribution in [1.82, 2.24) is 0 Å². The molecule has 60 valence electrons. The first-order chi connectivity index (χ1) is 5.33. The average molecular weight is 217 g/mol. The fourth-order valence-corrected chi connectivity index (χ4v) is 0.972. The Bertz CT molecular complexity index is 208. The molecule has 0 heterocycles. The molecule has 0 fully saturated rings. The summed E-state index contributed by atoms with van der Waals surface area (Å²) in [6.45, 7) is 0.490. The second kappa shape index (κ2) is 4.49. The lowest BCUT2D eigenvalue weighted by Crippen LogP contribution is -1.89. The molecule has 0 radical (unpaired) electrons. The summed E-state index contributed by atoms with van der Waals surface area (Å²) in [4.78, 5) is 9.21. The van der Waals surface area contributed by atoms with Gasteiger partial charge in [-0.3, -0.25) is 0 Å². The van der Waals surface area contributed by atoms with Crippen molar-refractivity contribution in [2.75, 3.05) is 7.11 Å². The first-order valence-corrected chi connectivity index (χ1v) is 4.02. The Morgan fingerprint density at radius 3 is 2.45 bits per heavy atom. The van der Waals surface area contributed by atoms with E-state index in [1.807, 2.05) is 24.3 Å². The van der Waals surface area contributed by atoms with Crippen LogP contribution in [0, 0.1) is 0 Å². The van der Waals surface area contributed by atoms with Gasteiger partial charge in [0, 0.05) is 4.47 Å². The maximum absolute atomic E-state index is 4.74. The van der Waals surface area contributed by atoms with Crippen LogP contribution in [0.4, 0.5) is 0 Å². The maximum Gasteiger partial charge on any atom is 0.107 e. The minimum absolute atomic E-state index is 0.490. The van der Waals surface area contributed by atoms with Gasteiger partial charge in [-0.25, -0.2) is 9.78 Å². The van der Waals surface area contributed by atoms with Crippen LogP contribution < -0.4 is 0 Å². The zero-order valence-electron chi connectivity index (χ0n) is 6.21. The standard InChI is InChI=1S/C8H9BrO2/c1-10-11-6-7-2-4-8(9)5-3-7/h2-5H,6H2,1H3. The molecule has 0 aliphatic carbocycles. The average Bonchev–Trinajstić information content (AvgIpc) is 2.04. The van der Waals surface area contributed by atoms with Gasteiger partial charge in [0.15, 0.2) is 0 Å². The molecule has 1 aromatic rings. The molecular weight excluding hydrogens is 208 g/mol. The van der Waals surface area contributed by atoms with Crippen LogP contribution >= 0.6 is 15.9 Å². The molecule has 1 rings (SSSR count). The van der Waals surface area contributed by atoms with Gasteiger partial charge in [-0.15, -0.1) is 0 Å². The predicted octanol–water partition coefficient (Wildman–Crippen LogP) is 2.53. The Morgan fingerprint density at radius 2 is 1.91 bits per heavy atom. The van der Waals surface area contributed by atoms with Crippen molar-refractivity contribution in [3.63, 3.8) is 0 Å². The van der Waals surface area contributed by atoms with Gasteiger partial charge in [-0.2, -0.15) is 0 Å². The highest BCUT2D eigenvalue weighted by Crippen LogP contribution is 2.10. The van der Waals surface area contributed by atoms with E-state index in [1.54, 1.807) is 0 Å². The van der Waals surface area contributed by atoms with Crippen LogP contribution in [-0.4, -0.2) is 7.11 Å². The lowest BCUT2D eigenvalue weighted by Gasteiger charge is -1.99. The molecule has 0 spiro atoms. The van der Waals surface area contributed by atoms with Crippen molar-refractivity contribution in [3.8, 4) is 0 Å². The van der Waals surface area contributed by atoms with Gasteiger partial charge in [0.25, 0.3) is 0 Å². The molecule has 0 atom stereocenters. The molecule has 3 heteroatoms. The van der Waals surface area contributed by atoms with Gasteiger partial charge in [-0.05, 0) is 17.7 Å². The summed E-state index contributed by atoms with van der Waals surface area (Å²) in [5.41, 5.74) is 1.09. The van der Waals surface area contributed by atoms with E-state index in [-0.39, 0.29) is 0 Å². The normalized spacial score (nSPS) is 10.0. The topological polar surface area (TPSA) is 18.5 Å². The van der Waals surface area contributed by atoms with Crippen LogP contribution in [0.25, 0.3) is 0 Å². The Morgan fingerprint density at radius 1 is 1.27 bits per heavy atom. The van der Waals surface area contributed by atoms with Crippen LogP contribution in [-0.2, 0) is 16.4 Å². The molecule has 11 heavy (non-hydrogen) atoms. The Labute approximate surface area is 74.2 Å². The molecule has 0 bridgehead atoms. The van der Waals surface area contributed by atoms with E-state index in [9.17, 15) is 0 Å². The summed E-state index contributed by atoms with van der Waals surface area (Å²) in [6.07, 6.45) is 0. The van der Waals surface area contributed by atoms with Crippen molar-refractivity contribution in [3.05, 3.63) is 34.3 Å². The highest BCUT2D eigenvalue weighted by Gasteiger charge is 1.91. The van der Waals surface area contributed by atoms with E-state index in [1.165, 1.54) is 7.11 Å². The van der Waals surface area contributed by atoms with Gasteiger partial charge in [0.1, 0.15) is 6.61 Å². The molecule has 0 saturated carbocycles. The fraction of sp³-hybridized carbons (Fsp3) is 0.250. The molecule has 0 saturated heterocycles. The second-order valence-electron chi connectivity index (χ2n) is 2.06. The number of hydrogen-bond donors (Lipinski definition) is 0. The van der Waals surface area contributed by atoms with Gasteiger partial charge >= 0.3 is 0 Å². The van der Waals surface area contributed by atoms with Crippen molar-refractivity contribution in [2.45, 2.75) is 6.61 Å². The van der Waals surface area contributed by atoms with Gasteiger partial charge in [0.05, 0.1) is 7.11 Å². The number of hydrogen-bond acceptors (Lipinski definition) is 2. The first-order valence-electron chi connectivity index (χ1n) is 3.23. The summed E-state index contributed by atoms with van der Waals surface area (Å²) >= 11 is 3.34. The lowest BCUT2D eigenvalue weighted by molar-refractivity contribution is -0.282. The first kappa shape index (κ1) is 8.71. The van der Waals surface area contributed by atoms with Crippen molar-refractivity contribution < 1.29 is 9.78 Å². The van der Waals surface area contributed by atoms with Crippen LogP contribution in [0.1, 0.15) is 5.56 Å². The van der Waals surface area contributed by atoms with Crippen molar-refractivity contribution in [1.29, 1.82) is 0 Å². The van der Waals surface area contributed by atoms with Crippen LogP contribution in [0.15, 0.2) is 28.7 Å². The van der Waals surface area contributed by atoms with Crippen molar-refractivity contribution in [2.24, 2.45) is 0 Å². The Balaban J connectivity index is 2.52. The number of halogens is 1. The third kappa shape index (κ3) is 3.01. The molecule has 0 aliphatic rings. The van der Waals surface area contributed by atoms with E-state index in [2.05, 4.69) is 20.8 Å². The molecule has 0 aliphatic heterocycles. The fourth-order valence-electron chi connectivity index (χ4n) is 0.708. The second-order valence-corrected chi connectivity index (χ2v) is 2.97. The summed E-state index contributed by atoms with van der Waals surface area (Å²) in [5, 5.41) is 0. The smallest absolute Gasteiger partial charge is 0.107 e. The number of benzene rings is 1.